The third-order valence-electron chi connectivity index (χ3n) is 3.18. The standard InChI is InChI=1S/C17H26ClNO/c1-4-11-19-15(3)5-6-16-7-9-17(10-8-16)20-13-14(2)12-18/h7-10,12,15,19H,4-6,11,13H2,1-3H3/b14-12+. The van der Waals surface area contributed by atoms with Crippen LogP contribution in [0.2, 0.25) is 0 Å². The van der Waals surface area contributed by atoms with Crippen molar-refractivity contribution < 1.29 is 4.74 Å². The Kier molecular flexibility index (Phi) is 8.40. The van der Waals surface area contributed by atoms with E-state index < -0.39 is 0 Å². The summed E-state index contributed by atoms with van der Waals surface area (Å²) < 4.78 is 5.63. The zero-order chi connectivity index (χ0) is 14.8. The van der Waals surface area contributed by atoms with Crippen molar-refractivity contribution in [2.24, 2.45) is 0 Å². The Balaban J connectivity index is 2.35. The van der Waals surface area contributed by atoms with E-state index in [1.165, 1.54) is 12.0 Å². The molecule has 0 aliphatic carbocycles. The molecule has 0 saturated carbocycles. The fraction of sp³-hybridized carbons (Fsp3) is 0.529. The second-order valence-corrected chi connectivity index (χ2v) is 5.50. The van der Waals surface area contributed by atoms with Gasteiger partial charge in [0.2, 0.25) is 0 Å². The second-order valence-electron chi connectivity index (χ2n) is 5.28. The van der Waals surface area contributed by atoms with Crippen LogP contribution in [0, 0.1) is 0 Å². The van der Waals surface area contributed by atoms with Gasteiger partial charge in [-0.05, 0) is 62.9 Å². The van der Waals surface area contributed by atoms with E-state index in [0.717, 1.165) is 30.7 Å². The molecular formula is C17H26ClNO. The molecule has 0 aliphatic rings. The van der Waals surface area contributed by atoms with Gasteiger partial charge in [0, 0.05) is 11.6 Å². The van der Waals surface area contributed by atoms with E-state index in [1.807, 2.05) is 19.1 Å². The first-order valence-corrected chi connectivity index (χ1v) is 7.80. The Morgan fingerprint density at radius 3 is 2.65 bits per heavy atom. The van der Waals surface area contributed by atoms with Gasteiger partial charge >= 0.3 is 0 Å². The molecular weight excluding hydrogens is 270 g/mol. The molecule has 0 fully saturated rings. The van der Waals surface area contributed by atoms with Gasteiger partial charge in [0.1, 0.15) is 12.4 Å². The van der Waals surface area contributed by atoms with E-state index >= 15 is 0 Å². The number of benzene rings is 1. The molecule has 0 spiro atoms. The minimum Gasteiger partial charge on any atom is -0.489 e. The maximum atomic E-state index is 5.63. The Hall–Kier alpha value is -0.990. The zero-order valence-electron chi connectivity index (χ0n) is 12.8. The van der Waals surface area contributed by atoms with E-state index in [1.54, 1.807) is 5.54 Å². The Labute approximate surface area is 128 Å². The molecule has 20 heavy (non-hydrogen) atoms. The molecule has 1 aromatic carbocycles. The third-order valence-corrected chi connectivity index (χ3v) is 3.56. The molecule has 1 rings (SSSR count). The molecule has 2 nitrogen and oxygen atoms in total. The van der Waals surface area contributed by atoms with Crippen molar-refractivity contribution >= 4 is 11.6 Å². The quantitative estimate of drug-likeness (QED) is 0.723. The Morgan fingerprint density at radius 1 is 1.35 bits per heavy atom. The lowest BCUT2D eigenvalue weighted by molar-refractivity contribution is 0.352. The van der Waals surface area contributed by atoms with Crippen molar-refractivity contribution in [1.82, 2.24) is 5.32 Å². The molecule has 0 aliphatic heterocycles. The number of hydrogen-bond acceptors (Lipinski definition) is 2. The van der Waals surface area contributed by atoms with Crippen molar-refractivity contribution in [2.45, 2.75) is 46.1 Å². The van der Waals surface area contributed by atoms with E-state index in [4.69, 9.17) is 16.3 Å². The summed E-state index contributed by atoms with van der Waals surface area (Å²) in [5.41, 5.74) is 3.93. The van der Waals surface area contributed by atoms with Crippen LogP contribution >= 0.6 is 11.6 Å². The van der Waals surface area contributed by atoms with Gasteiger partial charge in [-0.15, -0.1) is 0 Å². The van der Waals surface area contributed by atoms with Crippen molar-refractivity contribution in [2.75, 3.05) is 13.2 Å². The van der Waals surface area contributed by atoms with E-state index in [-0.39, 0.29) is 0 Å². The zero-order valence-corrected chi connectivity index (χ0v) is 13.5. The third kappa shape index (κ3) is 6.97. The van der Waals surface area contributed by atoms with Crippen LogP contribution in [0.5, 0.6) is 5.75 Å². The number of aryl methyl sites for hydroxylation is 1. The average molecular weight is 296 g/mol. The molecule has 1 atom stereocenters. The highest BCUT2D eigenvalue weighted by atomic mass is 35.5. The Morgan fingerprint density at radius 2 is 2.05 bits per heavy atom. The second kappa shape index (κ2) is 9.84. The summed E-state index contributed by atoms with van der Waals surface area (Å²) in [7, 11) is 0. The smallest absolute Gasteiger partial charge is 0.119 e. The van der Waals surface area contributed by atoms with Crippen LogP contribution in [0.15, 0.2) is 35.4 Å². The molecule has 0 saturated heterocycles. The van der Waals surface area contributed by atoms with Gasteiger partial charge < -0.3 is 10.1 Å². The lowest BCUT2D eigenvalue weighted by Crippen LogP contribution is -2.27. The predicted octanol–water partition coefficient (Wildman–Crippen LogP) is 4.53. The summed E-state index contributed by atoms with van der Waals surface area (Å²) in [4.78, 5) is 0. The molecule has 0 aromatic heterocycles. The van der Waals surface area contributed by atoms with Crippen LogP contribution < -0.4 is 10.1 Å². The molecule has 3 heteroatoms. The molecule has 112 valence electrons. The summed E-state index contributed by atoms with van der Waals surface area (Å²) in [5, 5.41) is 3.51. The summed E-state index contributed by atoms with van der Waals surface area (Å²) in [6.07, 6.45) is 3.44. The van der Waals surface area contributed by atoms with Crippen molar-refractivity contribution in [3.8, 4) is 5.75 Å². The lowest BCUT2D eigenvalue weighted by atomic mass is 10.1. The molecule has 0 bridgehead atoms. The molecule has 1 unspecified atom stereocenters. The predicted molar refractivity (Wildman–Crippen MR) is 87.6 cm³/mol. The van der Waals surface area contributed by atoms with Gasteiger partial charge in [-0.25, -0.2) is 0 Å². The van der Waals surface area contributed by atoms with E-state index in [2.05, 4.69) is 31.3 Å². The molecule has 0 amide bonds. The highest BCUT2D eigenvalue weighted by Crippen LogP contribution is 2.15. The SMILES string of the molecule is CCCNC(C)CCc1ccc(OC/C(C)=C/Cl)cc1. The van der Waals surface area contributed by atoms with Crippen LogP contribution in [-0.2, 0) is 6.42 Å². The summed E-state index contributed by atoms with van der Waals surface area (Å²) in [6.45, 7) is 8.03. The summed E-state index contributed by atoms with van der Waals surface area (Å²) >= 11 is 5.60. The van der Waals surface area contributed by atoms with Crippen LogP contribution in [0.25, 0.3) is 0 Å². The topological polar surface area (TPSA) is 21.3 Å². The molecule has 1 aromatic rings. The molecule has 0 radical (unpaired) electrons. The normalized spacial score (nSPS) is 13.3. The fourth-order valence-electron chi connectivity index (χ4n) is 1.86. The van der Waals surface area contributed by atoms with Crippen LogP contribution in [0.3, 0.4) is 0 Å². The minimum atomic E-state index is 0.542. The molecule has 1 N–H and O–H groups in total. The first kappa shape index (κ1) is 17.1. The summed E-state index contributed by atoms with van der Waals surface area (Å²) in [5.74, 6) is 0.892. The maximum Gasteiger partial charge on any atom is 0.119 e. The lowest BCUT2D eigenvalue weighted by Gasteiger charge is -2.13. The number of halogens is 1. The van der Waals surface area contributed by atoms with Crippen molar-refractivity contribution in [1.29, 1.82) is 0 Å². The van der Waals surface area contributed by atoms with Gasteiger partial charge in [-0.1, -0.05) is 30.7 Å². The monoisotopic (exact) mass is 295 g/mol. The molecule has 0 heterocycles. The Bertz CT molecular complexity index is 400. The highest BCUT2D eigenvalue weighted by molar-refractivity contribution is 6.25. The van der Waals surface area contributed by atoms with E-state index in [0.29, 0.717) is 12.6 Å². The number of hydrogen-bond donors (Lipinski definition) is 1. The van der Waals surface area contributed by atoms with Crippen molar-refractivity contribution in [3.63, 3.8) is 0 Å². The van der Waals surface area contributed by atoms with Gasteiger partial charge in [0.05, 0.1) is 0 Å². The largest absolute Gasteiger partial charge is 0.489 e. The number of nitrogens with one attached hydrogen (secondary N) is 1. The van der Waals surface area contributed by atoms with Crippen LogP contribution in [-0.4, -0.2) is 19.2 Å². The summed E-state index contributed by atoms with van der Waals surface area (Å²) in [6, 6.07) is 8.91. The maximum absolute atomic E-state index is 5.63. The van der Waals surface area contributed by atoms with Gasteiger partial charge in [-0.2, -0.15) is 0 Å². The van der Waals surface area contributed by atoms with Crippen LogP contribution in [0.1, 0.15) is 39.2 Å². The number of ether oxygens (including phenoxy) is 1. The van der Waals surface area contributed by atoms with Gasteiger partial charge in [0.15, 0.2) is 0 Å². The first-order chi connectivity index (χ1) is 9.65. The highest BCUT2D eigenvalue weighted by Gasteiger charge is 2.02. The first-order valence-electron chi connectivity index (χ1n) is 7.36. The van der Waals surface area contributed by atoms with Gasteiger partial charge in [0.25, 0.3) is 0 Å². The fourth-order valence-corrected chi connectivity index (χ4v) is 1.92. The van der Waals surface area contributed by atoms with Gasteiger partial charge in [-0.3, -0.25) is 0 Å². The van der Waals surface area contributed by atoms with Crippen LogP contribution in [0.4, 0.5) is 0 Å². The van der Waals surface area contributed by atoms with E-state index in [9.17, 15) is 0 Å². The average Bonchev–Trinajstić information content (AvgIpc) is 2.49. The minimum absolute atomic E-state index is 0.542. The van der Waals surface area contributed by atoms with Crippen molar-refractivity contribution in [3.05, 3.63) is 40.9 Å². The number of rotatable bonds is 9.